The molecule has 74 valence electrons. The first-order valence-corrected chi connectivity index (χ1v) is 5.28. The van der Waals surface area contributed by atoms with Crippen LogP contribution in [0.4, 0.5) is 0 Å². The maximum Gasteiger partial charge on any atom is 0.101 e. The number of rotatable bonds is 4. The summed E-state index contributed by atoms with van der Waals surface area (Å²) in [5.41, 5.74) is 0.573. The highest BCUT2D eigenvalue weighted by atomic mass is 32.2. The summed E-state index contributed by atoms with van der Waals surface area (Å²) in [5.74, 6) is 0. The van der Waals surface area contributed by atoms with Crippen LogP contribution in [0, 0.1) is 11.3 Å². The van der Waals surface area contributed by atoms with Crippen LogP contribution in [0.5, 0.6) is 0 Å². The zero-order valence-electron chi connectivity index (χ0n) is 7.97. The number of hydrogen-bond acceptors (Lipinski definition) is 4. The molecule has 1 aromatic heterocycles. The van der Waals surface area contributed by atoms with Crippen LogP contribution in [0.3, 0.4) is 0 Å². The smallest absolute Gasteiger partial charge is 0.101 e. The minimum atomic E-state index is 0.199. The summed E-state index contributed by atoms with van der Waals surface area (Å²) >= 11 is 1.61. The van der Waals surface area contributed by atoms with Crippen molar-refractivity contribution in [1.29, 1.82) is 5.26 Å². The molecule has 0 saturated carbocycles. The summed E-state index contributed by atoms with van der Waals surface area (Å²) in [6, 6.07) is 5.60. The number of pyridine rings is 1. The highest BCUT2D eigenvalue weighted by molar-refractivity contribution is 7.99. The lowest BCUT2D eigenvalue weighted by Crippen LogP contribution is -1.99. The molecule has 1 N–H and O–H groups in total. The molecule has 0 aliphatic carbocycles. The molecule has 0 aromatic carbocycles. The van der Waals surface area contributed by atoms with Gasteiger partial charge in [0, 0.05) is 18.1 Å². The quantitative estimate of drug-likeness (QED) is 0.767. The SMILES string of the molecule is CC(CCO)Sc1ccc(C#N)cn1. The van der Waals surface area contributed by atoms with Gasteiger partial charge in [-0.2, -0.15) is 5.26 Å². The zero-order valence-corrected chi connectivity index (χ0v) is 8.79. The van der Waals surface area contributed by atoms with E-state index in [2.05, 4.69) is 4.98 Å². The van der Waals surface area contributed by atoms with Crippen LogP contribution < -0.4 is 0 Å². The van der Waals surface area contributed by atoms with Crippen molar-refractivity contribution < 1.29 is 5.11 Å². The number of aliphatic hydroxyl groups excluding tert-OH is 1. The van der Waals surface area contributed by atoms with Gasteiger partial charge in [-0.25, -0.2) is 4.98 Å². The van der Waals surface area contributed by atoms with Crippen molar-refractivity contribution in [2.24, 2.45) is 0 Å². The second-order valence-electron chi connectivity index (χ2n) is 2.94. The third-order valence-corrected chi connectivity index (χ3v) is 2.84. The van der Waals surface area contributed by atoms with Crippen molar-refractivity contribution >= 4 is 11.8 Å². The van der Waals surface area contributed by atoms with Gasteiger partial charge in [0.05, 0.1) is 10.6 Å². The predicted octanol–water partition coefficient (Wildman–Crippen LogP) is 1.82. The average Bonchev–Trinajstić information content (AvgIpc) is 2.19. The van der Waals surface area contributed by atoms with E-state index in [1.165, 1.54) is 0 Å². The van der Waals surface area contributed by atoms with E-state index in [0.29, 0.717) is 10.8 Å². The Balaban J connectivity index is 2.56. The van der Waals surface area contributed by atoms with Crippen LogP contribution in [0.25, 0.3) is 0 Å². The van der Waals surface area contributed by atoms with E-state index in [4.69, 9.17) is 10.4 Å². The highest BCUT2D eigenvalue weighted by Crippen LogP contribution is 2.22. The lowest BCUT2D eigenvalue weighted by molar-refractivity contribution is 0.289. The molecule has 0 radical (unpaired) electrons. The molecule has 0 aliphatic heterocycles. The lowest BCUT2D eigenvalue weighted by Gasteiger charge is -2.07. The Morgan fingerprint density at radius 1 is 1.64 bits per heavy atom. The number of hydrogen-bond donors (Lipinski definition) is 1. The van der Waals surface area contributed by atoms with Crippen LogP contribution in [0.1, 0.15) is 18.9 Å². The Kier molecular flexibility index (Phi) is 4.44. The van der Waals surface area contributed by atoms with Gasteiger partial charge in [-0.15, -0.1) is 11.8 Å². The normalized spacial score (nSPS) is 12.1. The summed E-state index contributed by atoms with van der Waals surface area (Å²) in [6.45, 7) is 2.24. The summed E-state index contributed by atoms with van der Waals surface area (Å²) in [4.78, 5) is 4.13. The number of aliphatic hydroxyl groups is 1. The Hall–Kier alpha value is -1.05. The predicted molar refractivity (Wildman–Crippen MR) is 56.0 cm³/mol. The molecule has 0 bridgehead atoms. The van der Waals surface area contributed by atoms with Crippen molar-refractivity contribution in [3.63, 3.8) is 0 Å². The molecule has 1 unspecified atom stereocenters. The molecule has 1 heterocycles. The van der Waals surface area contributed by atoms with Gasteiger partial charge in [-0.3, -0.25) is 0 Å². The van der Waals surface area contributed by atoms with E-state index < -0.39 is 0 Å². The molecule has 14 heavy (non-hydrogen) atoms. The number of thioether (sulfide) groups is 1. The van der Waals surface area contributed by atoms with Gasteiger partial charge in [0.2, 0.25) is 0 Å². The van der Waals surface area contributed by atoms with Crippen molar-refractivity contribution in [3.8, 4) is 6.07 Å². The average molecular weight is 208 g/mol. The zero-order chi connectivity index (χ0) is 10.4. The van der Waals surface area contributed by atoms with E-state index in [9.17, 15) is 0 Å². The summed E-state index contributed by atoms with van der Waals surface area (Å²) < 4.78 is 0. The Morgan fingerprint density at radius 3 is 2.93 bits per heavy atom. The molecular formula is C10H12N2OS. The Labute approximate surface area is 87.8 Å². The van der Waals surface area contributed by atoms with Crippen LogP contribution >= 0.6 is 11.8 Å². The first kappa shape index (κ1) is 11.0. The van der Waals surface area contributed by atoms with Gasteiger partial charge < -0.3 is 5.11 Å². The fourth-order valence-corrected chi connectivity index (χ4v) is 1.86. The molecule has 4 heteroatoms. The van der Waals surface area contributed by atoms with E-state index >= 15 is 0 Å². The maximum absolute atomic E-state index is 8.72. The van der Waals surface area contributed by atoms with E-state index in [1.54, 1.807) is 24.0 Å². The number of nitriles is 1. The second kappa shape index (κ2) is 5.63. The van der Waals surface area contributed by atoms with E-state index in [-0.39, 0.29) is 6.61 Å². The van der Waals surface area contributed by atoms with E-state index in [0.717, 1.165) is 11.4 Å². The molecule has 3 nitrogen and oxygen atoms in total. The summed E-state index contributed by atoms with van der Waals surface area (Å²) in [7, 11) is 0. The first-order chi connectivity index (χ1) is 6.76. The third-order valence-electron chi connectivity index (χ3n) is 1.72. The van der Waals surface area contributed by atoms with Crippen LogP contribution in [0.15, 0.2) is 23.4 Å². The standard InChI is InChI=1S/C10H12N2OS/c1-8(4-5-13)14-10-3-2-9(6-11)7-12-10/h2-3,7-8,13H,4-5H2,1H3. The molecule has 0 aliphatic rings. The fourth-order valence-electron chi connectivity index (χ4n) is 0.963. The van der Waals surface area contributed by atoms with Crippen LogP contribution in [0.2, 0.25) is 0 Å². The van der Waals surface area contributed by atoms with Crippen LogP contribution in [-0.2, 0) is 0 Å². The molecular weight excluding hydrogens is 196 g/mol. The van der Waals surface area contributed by atoms with Crippen molar-refractivity contribution in [2.45, 2.75) is 23.6 Å². The first-order valence-electron chi connectivity index (χ1n) is 4.40. The van der Waals surface area contributed by atoms with Gasteiger partial charge in [0.15, 0.2) is 0 Å². The van der Waals surface area contributed by atoms with Gasteiger partial charge in [-0.05, 0) is 18.6 Å². The van der Waals surface area contributed by atoms with Crippen LogP contribution in [-0.4, -0.2) is 21.9 Å². The number of nitrogens with zero attached hydrogens (tertiary/aromatic N) is 2. The Bertz CT molecular complexity index is 318. The largest absolute Gasteiger partial charge is 0.396 e. The monoisotopic (exact) mass is 208 g/mol. The molecule has 1 aromatic rings. The molecule has 0 saturated heterocycles. The highest BCUT2D eigenvalue weighted by Gasteiger charge is 2.04. The second-order valence-corrected chi connectivity index (χ2v) is 4.40. The molecule has 1 rings (SSSR count). The molecule has 1 atom stereocenters. The van der Waals surface area contributed by atoms with Gasteiger partial charge in [0.1, 0.15) is 6.07 Å². The molecule has 0 spiro atoms. The minimum absolute atomic E-state index is 0.199. The van der Waals surface area contributed by atoms with Crippen molar-refractivity contribution in [1.82, 2.24) is 4.98 Å². The molecule has 0 fully saturated rings. The maximum atomic E-state index is 8.72. The number of aromatic nitrogens is 1. The third kappa shape index (κ3) is 3.36. The van der Waals surface area contributed by atoms with Gasteiger partial charge in [0.25, 0.3) is 0 Å². The summed E-state index contributed by atoms with van der Waals surface area (Å²) in [5, 5.41) is 18.5. The lowest BCUT2D eigenvalue weighted by atomic mass is 10.3. The molecule has 0 amide bonds. The minimum Gasteiger partial charge on any atom is -0.396 e. The van der Waals surface area contributed by atoms with Gasteiger partial charge in [-0.1, -0.05) is 6.92 Å². The van der Waals surface area contributed by atoms with Crippen molar-refractivity contribution in [2.75, 3.05) is 6.61 Å². The Morgan fingerprint density at radius 2 is 2.43 bits per heavy atom. The van der Waals surface area contributed by atoms with Crippen molar-refractivity contribution in [3.05, 3.63) is 23.9 Å². The van der Waals surface area contributed by atoms with Gasteiger partial charge >= 0.3 is 0 Å². The summed E-state index contributed by atoms with van der Waals surface area (Å²) in [6.07, 6.45) is 2.32. The van der Waals surface area contributed by atoms with E-state index in [1.807, 2.05) is 19.1 Å². The topological polar surface area (TPSA) is 56.9 Å². The fraction of sp³-hybridized carbons (Fsp3) is 0.400.